The van der Waals surface area contributed by atoms with Crippen LogP contribution in [0.3, 0.4) is 0 Å². The first-order valence-corrected chi connectivity index (χ1v) is 8.82. The van der Waals surface area contributed by atoms with Crippen LogP contribution < -0.4 is 10.1 Å². The molecule has 11 heteroatoms. The van der Waals surface area contributed by atoms with Gasteiger partial charge in [0.15, 0.2) is 0 Å². The normalized spacial score (nSPS) is 10.6. The quantitative estimate of drug-likeness (QED) is 0.510. The van der Waals surface area contributed by atoms with Gasteiger partial charge < -0.3 is 10.1 Å². The van der Waals surface area contributed by atoms with E-state index in [0.717, 1.165) is 5.56 Å². The van der Waals surface area contributed by atoms with Gasteiger partial charge in [0.25, 0.3) is 0 Å². The molecule has 0 atom stereocenters. The number of anilines is 1. The predicted molar refractivity (Wildman–Crippen MR) is 103 cm³/mol. The van der Waals surface area contributed by atoms with E-state index in [9.17, 15) is 0 Å². The minimum Gasteiger partial charge on any atom is -0.419 e. The Morgan fingerprint density at radius 3 is 2.82 bits per heavy atom. The van der Waals surface area contributed by atoms with Crippen molar-refractivity contribution in [2.45, 2.75) is 6.54 Å². The fourth-order valence-electron chi connectivity index (χ4n) is 2.38. The van der Waals surface area contributed by atoms with Crippen LogP contribution in [0.2, 0.25) is 10.0 Å². The highest BCUT2D eigenvalue weighted by molar-refractivity contribution is 6.43. The van der Waals surface area contributed by atoms with Crippen molar-refractivity contribution in [2.75, 3.05) is 5.32 Å². The predicted octanol–water partition coefficient (Wildman–Crippen LogP) is 3.56. The van der Waals surface area contributed by atoms with E-state index >= 15 is 0 Å². The molecule has 0 unspecified atom stereocenters. The van der Waals surface area contributed by atoms with Crippen molar-refractivity contribution in [3.63, 3.8) is 0 Å². The Morgan fingerprint density at radius 1 is 1.04 bits per heavy atom. The van der Waals surface area contributed by atoms with Gasteiger partial charge in [-0.05, 0) is 28.6 Å². The molecule has 1 N–H and O–H groups in total. The summed E-state index contributed by atoms with van der Waals surface area (Å²) in [4.78, 5) is 12.3. The first-order valence-electron chi connectivity index (χ1n) is 8.07. The van der Waals surface area contributed by atoms with Gasteiger partial charge >= 0.3 is 0 Å². The average Bonchev–Trinajstić information content (AvgIpc) is 3.18. The Bertz CT molecular complexity index is 1090. The molecule has 0 bridgehead atoms. The summed E-state index contributed by atoms with van der Waals surface area (Å²) in [6.07, 6.45) is 6.24. The van der Waals surface area contributed by atoms with E-state index in [4.69, 9.17) is 27.9 Å². The molecule has 28 heavy (non-hydrogen) atoms. The summed E-state index contributed by atoms with van der Waals surface area (Å²) in [5, 5.41) is 15.6. The Kier molecular flexibility index (Phi) is 5.27. The number of benzene rings is 1. The van der Waals surface area contributed by atoms with Crippen LogP contribution in [-0.2, 0) is 6.54 Å². The molecule has 4 aromatic rings. The van der Waals surface area contributed by atoms with Gasteiger partial charge in [0, 0.05) is 30.7 Å². The molecule has 0 radical (unpaired) electrons. The smallest absolute Gasteiger partial charge is 0.248 e. The highest BCUT2D eigenvalue weighted by Crippen LogP contribution is 2.29. The van der Waals surface area contributed by atoms with Crippen LogP contribution in [0.15, 0.2) is 55.1 Å². The second kappa shape index (κ2) is 8.15. The molecular formula is C17H12Cl2N8O. The van der Waals surface area contributed by atoms with E-state index in [0.29, 0.717) is 40.0 Å². The Morgan fingerprint density at radius 2 is 1.96 bits per heavy atom. The minimum atomic E-state index is 0.345. The summed E-state index contributed by atoms with van der Waals surface area (Å²) >= 11 is 12.4. The van der Waals surface area contributed by atoms with Crippen LogP contribution in [0.25, 0.3) is 5.69 Å². The fourth-order valence-corrected chi connectivity index (χ4v) is 2.75. The summed E-state index contributed by atoms with van der Waals surface area (Å²) < 4.78 is 7.17. The topological polar surface area (TPSA) is 104 Å². The Labute approximate surface area is 169 Å². The zero-order valence-corrected chi connectivity index (χ0v) is 15.7. The Balaban J connectivity index is 1.55. The molecule has 0 spiro atoms. The first-order chi connectivity index (χ1) is 13.7. The highest BCUT2D eigenvalue weighted by Gasteiger charge is 2.14. The molecule has 3 aromatic heterocycles. The van der Waals surface area contributed by atoms with E-state index in [1.807, 2.05) is 6.07 Å². The zero-order chi connectivity index (χ0) is 19.3. The van der Waals surface area contributed by atoms with Crippen molar-refractivity contribution >= 4 is 29.2 Å². The lowest BCUT2D eigenvalue weighted by molar-refractivity contribution is 0.437. The number of nitrogens with one attached hydrogen (secondary N) is 1. The van der Waals surface area contributed by atoms with Gasteiger partial charge in [-0.2, -0.15) is 4.68 Å². The fraction of sp³-hybridized carbons (Fsp3) is 0.0588. The second-order valence-corrected chi connectivity index (χ2v) is 6.24. The molecule has 4 rings (SSSR count). The van der Waals surface area contributed by atoms with Crippen molar-refractivity contribution in [2.24, 2.45) is 0 Å². The minimum absolute atomic E-state index is 0.345. The maximum Gasteiger partial charge on any atom is 0.248 e. The molecule has 0 aliphatic heterocycles. The molecule has 1 aromatic carbocycles. The number of aromatic nitrogens is 7. The monoisotopic (exact) mass is 414 g/mol. The molecular weight excluding hydrogens is 403 g/mol. The maximum absolute atomic E-state index is 6.27. The van der Waals surface area contributed by atoms with Crippen molar-refractivity contribution in [1.82, 2.24) is 35.2 Å². The van der Waals surface area contributed by atoms with E-state index in [1.165, 1.54) is 10.9 Å². The standard InChI is InChI=1S/C17H12Cl2N8O/c18-12-4-1-5-13(15(12)19)27-17(24-25-26-27)23-9-11-3-2-6-22-16(11)28-14-10-20-7-8-21-14/h1-8,10H,9H2,(H,23,24,26). The van der Waals surface area contributed by atoms with Crippen molar-refractivity contribution in [1.29, 1.82) is 0 Å². The van der Waals surface area contributed by atoms with Crippen molar-refractivity contribution in [3.8, 4) is 17.4 Å². The van der Waals surface area contributed by atoms with Gasteiger partial charge in [0.1, 0.15) is 0 Å². The number of ether oxygens (including phenoxy) is 1. The number of pyridine rings is 1. The number of halogens is 2. The molecule has 0 saturated carbocycles. The third-order valence-electron chi connectivity index (χ3n) is 3.66. The maximum atomic E-state index is 6.27. The van der Waals surface area contributed by atoms with E-state index in [-0.39, 0.29) is 0 Å². The molecule has 0 amide bonds. The Hall–Kier alpha value is -3.30. The molecule has 140 valence electrons. The highest BCUT2D eigenvalue weighted by atomic mass is 35.5. The van der Waals surface area contributed by atoms with E-state index < -0.39 is 0 Å². The van der Waals surface area contributed by atoms with Gasteiger partial charge in [-0.25, -0.2) is 9.97 Å². The third kappa shape index (κ3) is 3.85. The largest absolute Gasteiger partial charge is 0.419 e. The van der Waals surface area contributed by atoms with Gasteiger partial charge in [-0.3, -0.25) is 4.98 Å². The molecule has 0 saturated heterocycles. The van der Waals surface area contributed by atoms with Crippen molar-refractivity contribution in [3.05, 3.63) is 70.7 Å². The summed E-state index contributed by atoms with van der Waals surface area (Å²) in [5.74, 6) is 1.13. The van der Waals surface area contributed by atoms with Crippen LogP contribution in [0.1, 0.15) is 5.56 Å². The zero-order valence-electron chi connectivity index (χ0n) is 14.2. The van der Waals surface area contributed by atoms with Crippen LogP contribution in [0.4, 0.5) is 5.95 Å². The number of tetrazole rings is 1. The van der Waals surface area contributed by atoms with E-state index in [1.54, 1.807) is 42.9 Å². The lowest BCUT2D eigenvalue weighted by atomic mass is 10.2. The third-order valence-corrected chi connectivity index (χ3v) is 4.47. The summed E-state index contributed by atoms with van der Waals surface area (Å²) in [6.45, 7) is 0.349. The molecule has 0 aliphatic carbocycles. The molecule has 3 heterocycles. The van der Waals surface area contributed by atoms with Crippen LogP contribution in [-0.4, -0.2) is 35.2 Å². The van der Waals surface area contributed by atoms with Gasteiger partial charge in [0.2, 0.25) is 17.7 Å². The molecule has 9 nitrogen and oxygen atoms in total. The van der Waals surface area contributed by atoms with Gasteiger partial charge in [0.05, 0.1) is 21.9 Å². The van der Waals surface area contributed by atoms with E-state index in [2.05, 4.69) is 35.8 Å². The van der Waals surface area contributed by atoms with Crippen LogP contribution >= 0.6 is 23.2 Å². The SMILES string of the molecule is Clc1cccc(-n2nnnc2NCc2cccnc2Oc2cnccn2)c1Cl. The van der Waals surface area contributed by atoms with Crippen LogP contribution in [0.5, 0.6) is 11.8 Å². The number of nitrogens with zero attached hydrogens (tertiary/aromatic N) is 7. The second-order valence-electron chi connectivity index (χ2n) is 5.45. The molecule has 0 fully saturated rings. The molecule has 0 aliphatic rings. The average molecular weight is 415 g/mol. The van der Waals surface area contributed by atoms with Crippen molar-refractivity contribution < 1.29 is 4.74 Å². The summed E-state index contributed by atoms with van der Waals surface area (Å²) in [7, 11) is 0. The number of rotatable bonds is 6. The lowest BCUT2D eigenvalue weighted by Crippen LogP contribution is -2.09. The number of hydrogen-bond donors (Lipinski definition) is 1. The van der Waals surface area contributed by atoms with Gasteiger partial charge in [-0.15, -0.1) is 0 Å². The van der Waals surface area contributed by atoms with Crippen LogP contribution in [0, 0.1) is 0 Å². The summed E-state index contributed by atoms with van der Waals surface area (Å²) in [5.41, 5.74) is 1.34. The lowest BCUT2D eigenvalue weighted by Gasteiger charge is -2.11. The first kappa shape index (κ1) is 18.1. The summed E-state index contributed by atoms with van der Waals surface area (Å²) in [6, 6.07) is 8.89. The van der Waals surface area contributed by atoms with Gasteiger partial charge in [-0.1, -0.05) is 40.4 Å². The number of hydrogen-bond acceptors (Lipinski definition) is 8.